The van der Waals surface area contributed by atoms with Gasteiger partial charge in [0, 0.05) is 0 Å². The molecule has 6 heteroatoms. The summed E-state index contributed by atoms with van der Waals surface area (Å²) in [5.74, 6) is -1.97. The highest BCUT2D eigenvalue weighted by Crippen LogP contribution is 2.24. The van der Waals surface area contributed by atoms with Crippen LogP contribution in [0.2, 0.25) is 0 Å². The van der Waals surface area contributed by atoms with Crippen LogP contribution >= 0.6 is 0 Å². The molecule has 3 nitrogen and oxygen atoms in total. The van der Waals surface area contributed by atoms with Gasteiger partial charge in [-0.2, -0.15) is 0 Å². The summed E-state index contributed by atoms with van der Waals surface area (Å²) < 4.78 is 42.1. The Hall–Kier alpha value is -1.59. The first-order valence-electron chi connectivity index (χ1n) is 4.01. The lowest BCUT2D eigenvalue weighted by molar-refractivity contribution is 0.0593. The Balaban J connectivity index is 3.29. The van der Waals surface area contributed by atoms with Crippen molar-refractivity contribution in [3.8, 4) is 0 Å². The van der Waals surface area contributed by atoms with Gasteiger partial charge < -0.3 is 4.74 Å². The summed E-state index contributed by atoms with van der Waals surface area (Å²) in [7, 11) is 1.09. The Morgan fingerprint density at radius 1 is 1.53 bits per heavy atom. The summed E-state index contributed by atoms with van der Waals surface area (Å²) in [4.78, 5) is 14.5. The third-order valence-corrected chi connectivity index (χ3v) is 1.78. The lowest BCUT2D eigenvalue weighted by Gasteiger charge is -2.06. The second-order valence-corrected chi connectivity index (χ2v) is 2.79. The van der Waals surface area contributed by atoms with Crippen molar-refractivity contribution in [2.45, 2.75) is 13.3 Å². The number of aromatic nitrogens is 1. The van der Waals surface area contributed by atoms with Crippen LogP contribution < -0.4 is 0 Å². The monoisotopic (exact) mass is 219 g/mol. The van der Waals surface area contributed by atoms with E-state index in [-0.39, 0.29) is 11.4 Å². The molecule has 0 aliphatic rings. The van der Waals surface area contributed by atoms with Crippen LogP contribution in [0.15, 0.2) is 6.07 Å². The first-order valence-corrected chi connectivity index (χ1v) is 4.01. The molecule has 15 heavy (non-hydrogen) atoms. The van der Waals surface area contributed by atoms with E-state index in [1.54, 1.807) is 0 Å². The number of hydrogen-bond acceptors (Lipinski definition) is 3. The van der Waals surface area contributed by atoms with Gasteiger partial charge in [-0.25, -0.2) is 22.9 Å². The van der Waals surface area contributed by atoms with Crippen LogP contribution in [0.1, 0.15) is 28.2 Å². The lowest BCUT2D eigenvalue weighted by Crippen LogP contribution is -2.09. The highest BCUT2D eigenvalue weighted by Gasteiger charge is 2.20. The molecule has 1 rings (SSSR count). The van der Waals surface area contributed by atoms with Crippen LogP contribution in [0, 0.1) is 12.7 Å². The van der Waals surface area contributed by atoms with Gasteiger partial charge in [-0.1, -0.05) is 0 Å². The number of esters is 1. The molecule has 0 atom stereocenters. The van der Waals surface area contributed by atoms with Crippen molar-refractivity contribution in [1.82, 2.24) is 4.98 Å². The molecule has 0 bridgehead atoms. The van der Waals surface area contributed by atoms with Gasteiger partial charge in [-0.3, -0.25) is 0 Å². The fourth-order valence-corrected chi connectivity index (χ4v) is 1.05. The predicted molar refractivity (Wildman–Crippen MR) is 45.2 cm³/mol. The Kier molecular flexibility index (Phi) is 3.28. The number of alkyl halides is 2. The van der Waals surface area contributed by atoms with E-state index in [0.717, 1.165) is 7.11 Å². The van der Waals surface area contributed by atoms with Crippen molar-refractivity contribution >= 4 is 5.97 Å². The molecular weight excluding hydrogens is 211 g/mol. The van der Waals surface area contributed by atoms with Gasteiger partial charge in [-0.15, -0.1) is 0 Å². The zero-order valence-corrected chi connectivity index (χ0v) is 8.05. The van der Waals surface area contributed by atoms with E-state index in [9.17, 15) is 18.0 Å². The van der Waals surface area contributed by atoms with Crippen LogP contribution in [-0.4, -0.2) is 18.1 Å². The lowest BCUT2D eigenvalue weighted by atomic mass is 10.2. The van der Waals surface area contributed by atoms with Crippen molar-refractivity contribution in [1.29, 1.82) is 0 Å². The van der Waals surface area contributed by atoms with Gasteiger partial charge >= 0.3 is 5.97 Å². The Morgan fingerprint density at radius 3 is 2.60 bits per heavy atom. The number of halogens is 3. The summed E-state index contributed by atoms with van der Waals surface area (Å²) in [6, 6.07) is 0.693. The average molecular weight is 219 g/mol. The fraction of sp³-hybridized carbons (Fsp3) is 0.333. The first-order chi connectivity index (χ1) is 6.97. The van der Waals surface area contributed by atoms with Gasteiger partial charge in [0.25, 0.3) is 6.43 Å². The van der Waals surface area contributed by atoms with E-state index < -0.39 is 23.8 Å². The van der Waals surface area contributed by atoms with E-state index in [1.165, 1.54) is 6.92 Å². The largest absolute Gasteiger partial charge is 0.464 e. The summed E-state index contributed by atoms with van der Waals surface area (Å²) in [5, 5.41) is 0. The number of carbonyl (C=O) groups is 1. The maximum Gasteiger partial charge on any atom is 0.356 e. The summed E-state index contributed by atoms with van der Waals surface area (Å²) in [6.45, 7) is 1.20. The second-order valence-electron chi connectivity index (χ2n) is 2.79. The smallest absolute Gasteiger partial charge is 0.356 e. The number of aryl methyl sites for hydroxylation is 1. The average Bonchev–Trinajstić information content (AvgIpc) is 2.20. The van der Waals surface area contributed by atoms with E-state index in [2.05, 4.69) is 9.72 Å². The number of hydrogen-bond donors (Lipinski definition) is 0. The third kappa shape index (κ3) is 2.26. The molecule has 0 aliphatic heterocycles. The molecule has 0 aliphatic carbocycles. The molecule has 0 fully saturated rings. The number of nitrogens with zero attached hydrogens (tertiary/aromatic N) is 1. The van der Waals surface area contributed by atoms with Crippen LogP contribution in [0.5, 0.6) is 0 Å². The van der Waals surface area contributed by atoms with Crippen LogP contribution in [0.25, 0.3) is 0 Å². The zero-order valence-electron chi connectivity index (χ0n) is 8.05. The molecule has 0 aromatic carbocycles. The maximum absolute atomic E-state index is 13.1. The number of rotatable bonds is 2. The minimum atomic E-state index is -2.99. The maximum atomic E-state index is 13.1. The topological polar surface area (TPSA) is 39.2 Å². The molecule has 0 unspecified atom stereocenters. The minimum Gasteiger partial charge on any atom is -0.464 e. The quantitative estimate of drug-likeness (QED) is 0.716. The number of carbonyl (C=O) groups excluding carboxylic acids is 1. The number of ether oxygens (including phenoxy) is 1. The standard InChI is InChI=1S/C9H8F3NO2/c1-4-7(10)5(8(11)12)3-6(13-4)9(14)15-2/h3,8H,1-2H3. The molecule has 0 saturated heterocycles. The molecule has 1 aromatic rings. The van der Waals surface area contributed by atoms with E-state index in [4.69, 9.17) is 0 Å². The second kappa shape index (κ2) is 4.29. The highest BCUT2D eigenvalue weighted by atomic mass is 19.3. The van der Waals surface area contributed by atoms with Crippen molar-refractivity contribution in [2.24, 2.45) is 0 Å². The predicted octanol–water partition coefficient (Wildman–Crippen LogP) is 2.25. The van der Waals surface area contributed by atoms with E-state index in [0.29, 0.717) is 6.07 Å². The number of pyridine rings is 1. The van der Waals surface area contributed by atoms with Gasteiger partial charge in [0.1, 0.15) is 5.69 Å². The van der Waals surface area contributed by atoms with Crippen molar-refractivity contribution < 1.29 is 22.7 Å². The van der Waals surface area contributed by atoms with E-state index in [1.807, 2.05) is 0 Å². The summed E-state index contributed by atoms with van der Waals surface area (Å²) in [5.41, 5.74) is -1.43. The van der Waals surface area contributed by atoms with Crippen molar-refractivity contribution in [3.63, 3.8) is 0 Å². The molecule has 1 heterocycles. The third-order valence-electron chi connectivity index (χ3n) is 1.78. The molecule has 1 aromatic heterocycles. The van der Waals surface area contributed by atoms with Crippen LogP contribution in [0.3, 0.4) is 0 Å². The van der Waals surface area contributed by atoms with Gasteiger partial charge in [0.2, 0.25) is 0 Å². The summed E-state index contributed by atoms with van der Waals surface area (Å²) in [6.07, 6.45) is -2.99. The Morgan fingerprint density at radius 2 is 2.13 bits per heavy atom. The molecule has 0 spiro atoms. The SMILES string of the molecule is COC(=O)c1cc(C(F)F)c(F)c(C)n1. The highest BCUT2D eigenvalue weighted by molar-refractivity contribution is 5.87. The zero-order chi connectivity index (χ0) is 11.6. The molecule has 0 N–H and O–H groups in total. The van der Waals surface area contributed by atoms with Gasteiger partial charge in [0.15, 0.2) is 5.82 Å². The van der Waals surface area contributed by atoms with Crippen LogP contribution in [0.4, 0.5) is 13.2 Å². The normalized spacial score (nSPS) is 10.5. The molecule has 0 amide bonds. The Bertz CT molecular complexity index is 393. The Labute approximate surface area is 83.9 Å². The molecular formula is C9H8F3NO2. The first kappa shape index (κ1) is 11.5. The van der Waals surface area contributed by atoms with Gasteiger partial charge in [-0.05, 0) is 13.0 Å². The van der Waals surface area contributed by atoms with Crippen LogP contribution in [-0.2, 0) is 4.74 Å². The van der Waals surface area contributed by atoms with Crippen molar-refractivity contribution in [2.75, 3.05) is 7.11 Å². The molecule has 0 saturated carbocycles. The van der Waals surface area contributed by atoms with Crippen molar-refractivity contribution in [3.05, 3.63) is 28.8 Å². The minimum absolute atomic E-state index is 0.256. The molecule has 82 valence electrons. The summed E-state index contributed by atoms with van der Waals surface area (Å²) >= 11 is 0. The molecule has 0 radical (unpaired) electrons. The van der Waals surface area contributed by atoms with Gasteiger partial charge in [0.05, 0.1) is 18.4 Å². The number of methoxy groups -OCH3 is 1. The van der Waals surface area contributed by atoms with E-state index >= 15 is 0 Å². The fourth-order valence-electron chi connectivity index (χ4n) is 1.05.